The van der Waals surface area contributed by atoms with E-state index < -0.39 is 6.10 Å². The van der Waals surface area contributed by atoms with E-state index in [1.165, 1.54) is 7.11 Å². The van der Waals surface area contributed by atoms with Gasteiger partial charge in [-0.2, -0.15) is 0 Å². The summed E-state index contributed by atoms with van der Waals surface area (Å²) in [6.07, 6.45) is 3.24. The van der Waals surface area contributed by atoms with Crippen molar-refractivity contribution in [2.45, 2.75) is 38.7 Å². The number of rotatable bonds is 7. The molecule has 1 aliphatic rings. The predicted octanol–water partition coefficient (Wildman–Crippen LogP) is 2.56. The van der Waals surface area contributed by atoms with Gasteiger partial charge in [-0.25, -0.2) is 0 Å². The van der Waals surface area contributed by atoms with Crippen molar-refractivity contribution in [1.82, 2.24) is 5.32 Å². The maximum atomic E-state index is 12.3. The van der Waals surface area contributed by atoms with Crippen molar-refractivity contribution in [3.05, 3.63) is 24.3 Å². The third-order valence-electron chi connectivity index (χ3n) is 4.69. The number of carbonyl (C=O) groups is 2. The van der Waals surface area contributed by atoms with Crippen LogP contribution in [0.4, 0.5) is 0 Å². The van der Waals surface area contributed by atoms with Crippen molar-refractivity contribution < 1.29 is 23.8 Å². The number of nitrogens with one attached hydrogen (secondary N) is 1. The molecule has 1 amide bonds. The quantitative estimate of drug-likeness (QED) is 0.766. The Labute approximate surface area is 148 Å². The van der Waals surface area contributed by atoms with Crippen LogP contribution in [0.1, 0.15) is 32.6 Å². The summed E-state index contributed by atoms with van der Waals surface area (Å²) in [6, 6.07) is 7.08. The fraction of sp³-hybridized carbons (Fsp3) is 0.579. The van der Waals surface area contributed by atoms with Gasteiger partial charge in [0.05, 0.1) is 20.1 Å². The highest BCUT2D eigenvalue weighted by Gasteiger charge is 2.32. The van der Waals surface area contributed by atoms with Crippen molar-refractivity contribution in [3.8, 4) is 11.5 Å². The van der Waals surface area contributed by atoms with Crippen molar-refractivity contribution in [2.24, 2.45) is 11.8 Å². The lowest BCUT2D eigenvalue weighted by molar-refractivity contribution is -0.149. The summed E-state index contributed by atoms with van der Waals surface area (Å²) in [5.74, 6) is 0.964. The van der Waals surface area contributed by atoms with Crippen molar-refractivity contribution in [1.29, 1.82) is 0 Å². The Hall–Kier alpha value is -2.24. The Balaban J connectivity index is 1.84. The molecule has 1 aromatic carbocycles. The summed E-state index contributed by atoms with van der Waals surface area (Å²) in [4.78, 5) is 24.2. The smallest absolute Gasteiger partial charge is 0.309 e. The van der Waals surface area contributed by atoms with Gasteiger partial charge in [-0.3, -0.25) is 9.59 Å². The predicted molar refractivity (Wildman–Crippen MR) is 93.6 cm³/mol. The first-order valence-electron chi connectivity index (χ1n) is 8.71. The molecule has 6 nitrogen and oxygen atoms in total. The topological polar surface area (TPSA) is 73.9 Å². The first-order valence-corrected chi connectivity index (χ1v) is 8.71. The normalized spacial score (nSPS) is 21.1. The molecule has 1 saturated carbocycles. The molecule has 0 bridgehead atoms. The second kappa shape index (κ2) is 9.30. The number of hydrogen-bond donors (Lipinski definition) is 1. The van der Waals surface area contributed by atoms with E-state index in [2.05, 4.69) is 5.32 Å². The molecule has 2 rings (SSSR count). The molecule has 138 valence electrons. The number of esters is 1. The molecule has 3 atom stereocenters. The summed E-state index contributed by atoms with van der Waals surface area (Å²) in [7, 11) is 3.01. The number of benzene rings is 1. The number of ether oxygens (including phenoxy) is 3. The summed E-state index contributed by atoms with van der Waals surface area (Å²) >= 11 is 0. The van der Waals surface area contributed by atoms with Crippen molar-refractivity contribution >= 4 is 11.9 Å². The Morgan fingerprint density at radius 2 is 1.76 bits per heavy atom. The molecule has 0 spiro atoms. The van der Waals surface area contributed by atoms with E-state index in [4.69, 9.17) is 14.2 Å². The first-order chi connectivity index (χ1) is 12.0. The third-order valence-corrected chi connectivity index (χ3v) is 4.69. The monoisotopic (exact) mass is 349 g/mol. The van der Waals surface area contributed by atoms with Gasteiger partial charge in [0.2, 0.25) is 0 Å². The fourth-order valence-corrected chi connectivity index (χ4v) is 3.20. The average molecular weight is 349 g/mol. The Bertz CT molecular complexity index is 572. The summed E-state index contributed by atoms with van der Waals surface area (Å²) < 4.78 is 15.6. The van der Waals surface area contributed by atoms with Gasteiger partial charge < -0.3 is 19.5 Å². The average Bonchev–Trinajstić information content (AvgIpc) is 2.66. The van der Waals surface area contributed by atoms with E-state index in [0.717, 1.165) is 31.4 Å². The lowest BCUT2D eigenvalue weighted by Gasteiger charge is -2.30. The first kappa shape index (κ1) is 19.1. The van der Waals surface area contributed by atoms with E-state index in [-0.39, 0.29) is 23.7 Å². The van der Waals surface area contributed by atoms with E-state index >= 15 is 0 Å². The van der Waals surface area contributed by atoms with Gasteiger partial charge in [-0.15, -0.1) is 0 Å². The third kappa shape index (κ3) is 5.37. The molecule has 0 heterocycles. The zero-order chi connectivity index (χ0) is 18.2. The van der Waals surface area contributed by atoms with Crippen LogP contribution in [0.25, 0.3) is 0 Å². The molecular weight excluding hydrogens is 322 g/mol. The van der Waals surface area contributed by atoms with Crippen LogP contribution in [0.2, 0.25) is 0 Å². The summed E-state index contributed by atoms with van der Waals surface area (Å²) in [6.45, 7) is 2.17. The van der Waals surface area contributed by atoms with Gasteiger partial charge in [0.25, 0.3) is 5.91 Å². The second-order valence-electron chi connectivity index (χ2n) is 6.35. The van der Waals surface area contributed by atoms with Gasteiger partial charge >= 0.3 is 5.97 Å². The molecule has 0 aromatic heterocycles. The van der Waals surface area contributed by atoms with Crippen LogP contribution in [-0.2, 0) is 14.3 Å². The molecule has 0 aliphatic heterocycles. The van der Waals surface area contributed by atoms with Gasteiger partial charge in [0.15, 0.2) is 6.10 Å². The molecular formula is C19H27NO5. The maximum Gasteiger partial charge on any atom is 0.309 e. The highest BCUT2D eigenvalue weighted by atomic mass is 16.5. The minimum absolute atomic E-state index is 0.123. The van der Waals surface area contributed by atoms with Crippen LogP contribution in [0, 0.1) is 11.8 Å². The Morgan fingerprint density at radius 3 is 2.40 bits per heavy atom. The molecule has 0 radical (unpaired) electrons. The van der Waals surface area contributed by atoms with Gasteiger partial charge in [-0.05, 0) is 49.9 Å². The van der Waals surface area contributed by atoms with E-state index in [1.54, 1.807) is 38.3 Å². The zero-order valence-corrected chi connectivity index (χ0v) is 15.1. The van der Waals surface area contributed by atoms with Crippen LogP contribution in [0.3, 0.4) is 0 Å². The van der Waals surface area contributed by atoms with Gasteiger partial charge in [-0.1, -0.05) is 12.8 Å². The number of methoxy groups -OCH3 is 2. The SMILES string of the molecule is COC(=O)C1CCCCC1CNC(=O)C(C)Oc1ccc(OC)cc1. The number of carbonyl (C=O) groups excluding carboxylic acids is 2. The molecule has 1 aliphatic carbocycles. The van der Waals surface area contributed by atoms with E-state index in [0.29, 0.717) is 12.3 Å². The summed E-state index contributed by atoms with van der Waals surface area (Å²) in [5.41, 5.74) is 0. The fourth-order valence-electron chi connectivity index (χ4n) is 3.20. The molecule has 6 heteroatoms. The van der Waals surface area contributed by atoms with Crippen LogP contribution in [0.15, 0.2) is 24.3 Å². The van der Waals surface area contributed by atoms with Crippen molar-refractivity contribution in [3.63, 3.8) is 0 Å². The molecule has 1 fully saturated rings. The Kier molecular flexibility index (Phi) is 7.10. The molecule has 0 saturated heterocycles. The largest absolute Gasteiger partial charge is 0.497 e. The lowest BCUT2D eigenvalue weighted by Crippen LogP contribution is -2.42. The van der Waals surface area contributed by atoms with Crippen LogP contribution in [0.5, 0.6) is 11.5 Å². The zero-order valence-electron chi connectivity index (χ0n) is 15.1. The number of hydrogen-bond acceptors (Lipinski definition) is 5. The molecule has 25 heavy (non-hydrogen) atoms. The maximum absolute atomic E-state index is 12.3. The second-order valence-corrected chi connectivity index (χ2v) is 6.35. The summed E-state index contributed by atoms with van der Waals surface area (Å²) in [5, 5.41) is 2.91. The molecule has 1 N–H and O–H groups in total. The van der Waals surface area contributed by atoms with E-state index in [9.17, 15) is 9.59 Å². The highest BCUT2D eigenvalue weighted by Crippen LogP contribution is 2.30. The van der Waals surface area contributed by atoms with Crippen LogP contribution in [-0.4, -0.2) is 38.7 Å². The van der Waals surface area contributed by atoms with E-state index in [1.807, 2.05) is 0 Å². The molecule has 3 unspecified atom stereocenters. The van der Waals surface area contributed by atoms with Crippen LogP contribution >= 0.6 is 0 Å². The van der Waals surface area contributed by atoms with Crippen molar-refractivity contribution in [2.75, 3.05) is 20.8 Å². The number of amides is 1. The highest BCUT2D eigenvalue weighted by molar-refractivity contribution is 5.80. The molecule has 1 aromatic rings. The van der Waals surface area contributed by atoms with Crippen LogP contribution < -0.4 is 14.8 Å². The minimum atomic E-state index is -0.617. The van der Waals surface area contributed by atoms with Gasteiger partial charge in [0, 0.05) is 6.54 Å². The minimum Gasteiger partial charge on any atom is -0.497 e. The van der Waals surface area contributed by atoms with Gasteiger partial charge in [0.1, 0.15) is 11.5 Å². The Morgan fingerprint density at radius 1 is 1.12 bits per heavy atom. The standard InChI is InChI=1S/C19H27NO5/c1-13(25-16-10-8-15(23-2)9-11-16)18(21)20-12-14-6-4-5-7-17(14)19(22)24-3/h8-11,13-14,17H,4-7,12H2,1-3H3,(H,20,21). The lowest BCUT2D eigenvalue weighted by atomic mass is 9.79.